The van der Waals surface area contributed by atoms with Gasteiger partial charge in [0, 0.05) is 31.2 Å². The molecule has 0 amide bonds. The van der Waals surface area contributed by atoms with Gasteiger partial charge < -0.3 is 5.32 Å². The van der Waals surface area contributed by atoms with Gasteiger partial charge in [-0.05, 0) is 23.2 Å². The van der Waals surface area contributed by atoms with Gasteiger partial charge in [-0.15, -0.1) is 0 Å². The van der Waals surface area contributed by atoms with E-state index in [1.54, 1.807) is 0 Å². The molecule has 2 fully saturated rings. The van der Waals surface area contributed by atoms with Crippen LogP contribution in [0.5, 0.6) is 0 Å². The van der Waals surface area contributed by atoms with Crippen molar-refractivity contribution in [3.8, 4) is 0 Å². The van der Waals surface area contributed by atoms with Crippen LogP contribution >= 0.6 is 0 Å². The van der Waals surface area contributed by atoms with Crippen molar-refractivity contribution >= 4 is 0 Å². The Bertz CT molecular complexity index is 307. The van der Waals surface area contributed by atoms with Crippen LogP contribution in [0.15, 0.2) is 0 Å². The Morgan fingerprint density at radius 1 is 1.16 bits per heavy atom. The Kier molecular flexibility index (Phi) is 4.06. The quantitative estimate of drug-likeness (QED) is 0.837. The van der Waals surface area contributed by atoms with Crippen LogP contribution in [-0.4, -0.2) is 36.1 Å². The molecule has 0 aromatic rings. The third-order valence-electron chi connectivity index (χ3n) is 6.57. The third kappa shape index (κ3) is 2.35. The van der Waals surface area contributed by atoms with Crippen LogP contribution in [0.4, 0.5) is 0 Å². The fraction of sp³-hybridized carbons (Fsp3) is 1.00. The zero-order valence-electron chi connectivity index (χ0n) is 14.1. The molecule has 2 heteroatoms. The minimum atomic E-state index is 0.470. The third-order valence-corrected chi connectivity index (χ3v) is 6.57. The summed E-state index contributed by atoms with van der Waals surface area (Å²) in [7, 11) is 0. The van der Waals surface area contributed by atoms with Gasteiger partial charge in [0.05, 0.1) is 0 Å². The van der Waals surface area contributed by atoms with Crippen molar-refractivity contribution in [1.29, 1.82) is 0 Å². The van der Waals surface area contributed by atoms with Gasteiger partial charge in [0.1, 0.15) is 0 Å². The predicted octanol–water partition coefficient (Wildman–Crippen LogP) is 3.52. The van der Waals surface area contributed by atoms with Crippen molar-refractivity contribution in [3.63, 3.8) is 0 Å². The molecular formula is C17H34N2. The standard InChI is InChI=1S/C17H34N2/c1-8-12(3)14-11-19(13(9-2)10-18-14)15-16(4,5)17(15,6)7/h12-15,18H,8-11H2,1-7H3. The lowest BCUT2D eigenvalue weighted by Gasteiger charge is -2.43. The summed E-state index contributed by atoms with van der Waals surface area (Å²) in [5.74, 6) is 0.783. The molecule has 3 atom stereocenters. The van der Waals surface area contributed by atoms with Crippen molar-refractivity contribution in [1.82, 2.24) is 10.2 Å². The molecule has 1 N–H and O–H groups in total. The van der Waals surface area contributed by atoms with Gasteiger partial charge in [-0.3, -0.25) is 4.90 Å². The van der Waals surface area contributed by atoms with E-state index in [0.717, 1.165) is 18.0 Å². The zero-order chi connectivity index (χ0) is 14.4. The van der Waals surface area contributed by atoms with Gasteiger partial charge in [-0.25, -0.2) is 0 Å². The average Bonchev–Trinajstić information content (AvgIpc) is 2.78. The first kappa shape index (κ1) is 15.3. The lowest BCUT2D eigenvalue weighted by Crippen LogP contribution is -2.59. The van der Waals surface area contributed by atoms with E-state index in [1.165, 1.54) is 25.9 Å². The molecular weight excluding hydrogens is 232 g/mol. The fourth-order valence-corrected chi connectivity index (χ4v) is 4.20. The van der Waals surface area contributed by atoms with E-state index >= 15 is 0 Å². The van der Waals surface area contributed by atoms with Crippen LogP contribution in [0.3, 0.4) is 0 Å². The average molecular weight is 266 g/mol. The molecule has 0 aromatic heterocycles. The Morgan fingerprint density at radius 2 is 1.74 bits per heavy atom. The summed E-state index contributed by atoms with van der Waals surface area (Å²) in [6.07, 6.45) is 2.54. The molecule has 1 saturated carbocycles. The second kappa shape index (κ2) is 5.04. The number of hydrogen-bond acceptors (Lipinski definition) is 2. The molecule has 1 saturated heterocycles. The normalized spacial score (nSPS) is 36.2. The van der Waals surface area contributed by atoms with Crippen LogP contribution < -0.4 is 5.32 Å². The number of rotatable bonds is 4. The van der Waals surface area contributed by atoms with Gasteiger partial charge in [0.25, 0.3) is 0 Å². The predicted molar refractivity (Wildman–Crippen MR) is 83.4 cm³/mol. The molecule has 1 aliphatic heterocycles. The van der Waals surface area contributed by atoms with Gasteiger partial charge in [0.2, 0.25) is 0 Å². The molecule has 2 aliphatic rings. The maximum atomic E-state index is 3.80. The van der Waals surface area contributed by atoms with Crippen molar-refractivity contribution in [2.24, 2.45) is 16.7 Å². The van der Waals surface area contributed by atoms with Crippen LogP contribution in [0.1, 0.15) is 61.3 Å². The van der Waals surface area contributed by atoms with Crippen LogP contribution in [0.25, 0.3) is 0 Å². The van der Waals surface area contributed by atoms with Crippen molar-refractivity contribution < 1.29 is 0 Å². The van der Waals surface area contributed by atoms with E-state index in [4.69, 9.17) is 0 Å². The van der Waals surface area contributed by atoms with Crippen molar-refractivity contribution in [3.05, 3.63) is 0 Å². The smallest absolute Gasteiger partial charge is 0.0222 e. The first-order chi connectivity index (χ1) is 8.77. The molecule has 0 spiro atoms. The summed E-state index contributed by atoms with van der Waals surface area (Å²) in [5, 5.41) is 3.80. The van der Waals surface area contributed by atoms with Crippen molar-refractivity contribution in [2.45, 2.75) is 79.4 Å². The molecule has 3 unspecified atom stereocenters. The number of hydrogen-bond donors (Lipinski definition) is 1. The summed E-state index contributed by atoms with van der Waals surface area (Å²) in [6.45, 7) is 19.3. The largest absolute Gasteiger partial charge is 0.311 e. The second-order valence-corrected chi connectivity index (χ2v) is 8.01. The molecule has 0 aromatic carbocycles. The van der Waals surface area contributed by atoms with Crippen LogP contribution in [-0.2, 0) is 0 Å². The van der Waals surface area contributed by atoms with Gasteiger partial charge in [-0.2, -0.15) is 0 Å². The molecule has 2 rings (SSSR count). The highest BCUT2D eigenvalue weighted by Gasteiger charge is 2.67. The van der Waals surface area contributed by atoms with Crippen molar-refractivity contribution in [2.75, 3.05) is 13.1 Å². The Labute approximate surface area is 120 Å². The summed E-state index contributed by atoms with van der Waals surface area (Å²) >= 11 is 0. The Balaban J connectivity index is 2.12. The molecule has 0 bridgehead atoms. The molecule has 1 heterocycles. The van der Waals surface area contributed by atoms with E-state index in [2.05, 4.69) is 58.7 Å². The fourth-order valence-electron chi connectivity index (χ4n) is 4.20. The lowest BCUT2D eigenvalue weighted by molar-refractivity contribution is 0.0811. The Hall–Kier alpha value is -0.0800. The maximum Gasteiger partial charge on any atom is 0.0222 e. The highest BCUT2D eigenvalue weighted by atomic mass is 15.3. The minimum Gasteiger partial charge on any atom is -0.311 e. The van der Waals surface area contributed by atoms with E-state index in [9.17, 15) is 0 Å². The molecule has 0 radical (unpaired) electrons. The summed E-state index contributed by atoms with van der Waals surface area (Å²) in [6, 6.07) is 2.17. The van der Waals surface area contributed by atoms with E-state index < -0.39 is 0 Å². The zero-order valence-corrected chi connectivity index (χ0v) is 14.1. The topological polar surface area (TPSA) is 15.3 Å². The van der Waals surface area contributed by atoms with E-state index in [1.807, 2.05) is 0 Å². The number of nitrogens with one attached hydrogen (secondary N) is 1. The van der Waals surface area contributed by atoms with Gasteiger partial charge in [0.15, 0.2) is 0 Å². The Morgan fingerprint density at radius 3 is 2.16 bits per heavy atom. The number of nitrogens with zero attached hydrogens (tertiary/aromatic N) is 1. The highest BCUT2D eigenvalue weighted by Crippen LogP contribution is 2.65. The van der Waals surface area contributed by atoms with Crippen LogP contribution in [0.2, 0.25) is 0 Å². The molecule has 1 aliphatic carbocycles. The molecule has 2 nitrogen and oxygen atoms in total. The number of piperazine rings is 1. The van der Waals surface area contributed by atoms with Gasteiger partial charge in [-0.1, -0.05) is 54.9 Å². The second-order valence-electron chi connectivity index (χ2n) is 8.01. The minimum absolute atomic E-state index is 0.470. The first-order valence-corrected chi connectivity index (χ1v) is 8.26. The monoisotopic (exact) mass is 266 g/mol. The van der Waals surface area contributed by atoms with E-state index in [0.29, 0.717) is 16.9 Å². The summed E-state index contributed by atoms with van der Waals surface area (Å²) in [5.41, 5.74) is 0.940. The summed E-state index contributed by atoms with van der Waals surface area (Å²) in [4.78, 5) is 2.84. The summed E-state index contributed by atoms with van der Waals surface area (Å²) < 4.78 is 0. The van der Waals surface area contributed by atoms with E-state index in [-0.39, 0.29) is 0 Å². The molecule has 19 heavy (non-hydrogen) atoms. The maximum absolute atomic E-state index is 3.80. The first-order valence-electron chi connectivity index (χ1n) is 8.26. The SMILES string of the molecule is CCC(C)C1CN(C2C(C)(C)C2(C)C)C(CC)CN1. The molecule has 112 valence electrons. The van der Waals surface area contributed by atoms with Gasteiger partial charge >= 0.3 is 0 Å². The lowest BCUT2D eigenvalue weighted by atomic mass is 9.94. The highest BCUT2D eigenvalue weighted by molar-refractivity contribution is 5.20. The van der Waals surface area contributed by atoms with Crippen LogP contribution in [0, 0.1) is 16.7 Å².